The van der Waals surface area contributed by atoms with Crippen molar-refractivity contribution in [1.29, 1.82) is 0 Å². The van der Waals surface area contributed by atoms with Gasteiger partial charge in [0.25, 0.3) is 0 Å². The van der Waals surface area contributed by atoms with Crippen LogP contribution in [-0.4, -0.2) is 0 Å². The second-order valence-corrected chi connectivity index (χ2v) is 4.15. The van der Waals surface area contributed by atoms with E-state index in [0.29, 0.717) is 5.41 Å². The van der Waals surface area contributed by atoms with Crippen molar-refractivity contribution in [3.8, 4) is 0 Å². The molecule has 0 unspecified atom stereocenters. The predicted molar refractivity (Wildman–Crippen MR) is 51.8 cm³/mol. The summed E-state index contributed by atoms with van der Waals surface area (Å²) in [7, 11) is 0. The molecule has 0 saturated heterocycles. The van der Waals surface area contributed by atoms with E-state index in [0.717, 1.165) is 12.1 Å². The van der Waals surface area contributed by atoms with Gasteiger partial charge in [-0.2, -0.15) is 0 Å². The third-order valence-corrected chi connectivity index (χ3v) is 2.36. The Bertz CT molecular complexity index is 170. The zero-order chi connectivity index (χ0) is 7.78. The van der Waals surface area contributed by atoms with Gasteiger partial charge in [0.1, 0.15) is 0 Å². The van der Waals surface area contributed by atoms with Crippen LogP contribution in [0.15, 0.2) is 11.3 Å². The summed E-state index contributed by atoms with van der Waals surface area (Å²) in [5, 5.41) is 0. The van der Waals surface area contributed by atoms with Crippen LogP contribution in [0.5, 0.6) is 0 Å². The average molecular weight is 176 g/mol. The van der Waals surface area contributed by atoms with Crippen LogP contribution in [0.1, 0.15) is 40.0 Å². The Morgan fingerprint density at radius 2 is 1.91 bits per heavy atom. The number of halogens is 1. The van der Waals surface area contributed by atoms with Gasteiger partial charge >= 0.3 is 0 Å². The first-order valence-electron chi connectivity index (χ1n) is 3.95. The lowest BCUT2D eigenvalue weighted by molar-refractivity contribution is 0.313. The van der Waals surface area contributed by atoms with E-state index in [2.05, 4.69) is 20.8 Å². The van der Waals surface area contributed by atoms with Crippen LogP contribution < -0.4 is 5.73 Å². The topological polar surface area (TPSA) is 26.0 Å². The maximum Gasteiger partial charge on any atom is 0.00699 e. The van der Waals surface area contributed by atoms with Gasteiger partial charge in [-0.15, -0.1) is 12.4 Å². The molecule has 0 aromatic carbocycles. The van der Waals surface area contributed by atoms with Crippen LogP contribution in [-0.2, 0) is 0 Å². The molecular formula is C9H18ClN. The molecule has 0 aromatic heterocycles. The van der Waals surface area contributed by atoms with Crippen LogP contribution in [0.2, 0.25) is 0 Å². The van der Waals surface area contributed by atoms with Crippen molar-refractivity contribution < 1.29 is 0 Å². The average Bonchev–Trinajstić information content (AvgIpc) is 1.79. The lowest BCUT2D eigenvalue weighted by atomic mass is 9.77. The monoisotopic (exact) mass is 175 g/mol. The SMILES string of the molecule is CC1=C(N)CCC(C)(C)C1.Cl. The van der Waals surface area contributed by atoms with Crippen molar-refractivity contribution >= 4 is 12.4 Å². The van der Waals surface area contributed by atoms with Crippen LogP contribution in [0.3, 0.4) is 0 Å². The summed E-state index contributed by atoms with van der Waals surface area (Å²) in [5.41, 5.74) is 8.80. The van der Waals surface area contributed by atoms with E-state index in [9.17, 15) is 0 Å². The molecular weight excluding hydrogens is 158 g/mol. The van der Waals surface area contributed by atoms with E-state index in [4.69, 9.17) is 5.73 Å². The van der Waals surface area contributed by atoms with E-state index in [1.807, 2.05) is 0 Å². The normalized spacial score (nSPS) is 22.8. The van der Waals surface area contributed by atoms with E-state index in [1.165, 1.54) is 18.4 Å². The van der Waals surface area contributed by atoms with E-state index >= 15 is 0 Å². The quantitative estimate of drug-likeness (QED) is 0.602. The van der Waals surface area contributed by atoms with E-state index in [-0.39, 0.29) is 12.4 Å². The summed E-state index contributed by atoms with van der Waals surface area (Å²) in [5.74, 6) is 0. The minimum absolute atomic E-state index is 0. The van der Waals surface area contributed by atoms with Gasteiger partial charge in [0.05, 0.1) is 0 Å². The summed E-state index contributed by atoms with van der Waals surface area (Å²) >= 11 is 0. The van der Waals surface area contributed by atoms with Gasteiger partial charge in [-0.1, -0.05) is 19.4 Å². The minimum atomic E-state index is 0. The Kier molecular flexibility index (Phi) is 3.43. The second-order valence-electron chi connectivity index (χ2n) is 4.15. The summed E-state index contributed by atoms with van der Waals surface area (Å²) in [6.45, 7) is 6.77. The van der Waals surface area contributed by atoms with E-state index in [1.54, 1.807) is 0 Å². The van der Waals surface area contributed by atoms with Gasteiger partial charge in [-0.3, -0.25) is 0 Å². The molecule has 11 heavy (non-hydrogen) atoms. The summed E-state index contributed by atoms with van der Waals surface area (Å²) < 4.78 is 0. The maximum atomic E-state index is 5.78. The molecule has 1 aliphatic rings. The van der Waals surface area contributed by atoms with Gasteiger partial charge < -0.3 is 5.73 Å². The van der Waals surface area contributed by atoms with Crippen molar-refractivity contribution in [2.45, 2.75) is 40.0 Å². The summed E-state index contributed by atoms with van der Waals surface area (Å²) in [6.07, 6.45) is 3.52. The molecule has 0 spiro atoms. The minimum Gasteiger partial charge on any atom is -0.402 e. The third-order valence-electron chi connectivity index (χ3n) is 2.36. The highest BCUT2D eigenvalue weighted by Crippen LogP contribution is 2.36. The van der Waals surface area contributed by atoms with Crippen LogP contribution in [0, 0.1) is 5.41 Å². The van der Waals surface area contributed by atoms with Crippen molar-refractivity contribution in [3.05, 3.63) is 11.3 Å². The highest BCUT2D eigenvalue weighted by atomic mass is 35.5. The van der Waals surface area contributed by atoms with Crippen LogP contribution in [0.4, 0.5) is 0 Å². The third kappa shape index (κ3) is 2.74. The molecule has 0 fully saturated rings. The number of allylic oxidation sites excluding steroid dienone is 2. The molecule has 0 bridgehead atoms. The molecule has 0 radical (unpaired) electrons. The Labute approximate surface area is 75.5 Å². The Balaban J connectivity index is 0.000001000. The fourth-order valence-corrected chi connectivity index (χ4v) is 1.61. The standard InChI is InChI=1S/C9H17N.ClH/c1-7-6-9(2,3)5-4-8(7)10;/h4-6,10H2,1-3H3;1H. The molecule has 0 saturated carbocycles. The molecule has 1 rings (SSSR count). The molecule has 0 atom stereocenters. The molecule has 1 nitrogen and oxygen atoms in total. The number of hydrogen-bond acceptors (Lipinski definition) is 1. The zero-order valence-corrected chi connectivity index (χ0v) is 8.42. The van der Waals surface area contributed by atoms with Crippen LogP contribution >= 0.6 is 12.4 Å². The predicted octanol–water partition coefficient (Wildman–Crippen LogP) is 2.85. The molecule has 2 N–H and O–H groups in total. The molecule has 0 heterocycles. The van der Waals surface area contributed by atoms with Crippen molar-refractivity contribution in [1.82, 2.24) is 0 Å². The summed E-state index contributed by atoms with van der Waals surface area (Å²) in [4.78, 5) is 0. The molecule has 66 valence electrons. The fraction of sp³-hybridized carbons (Fsp3) is 0.778. The van der Waals surface area contributed by atoms with Crippen molar-refractivity contribution in [2.24, 2.45) is 11.1 Å². The van der Waals surface area contributed by atoms with Gasteiger partial charge in [0, 0.05) is 5.70 Å². The molecule has 1 aliphatic carbocycles. The highest BCUT2D eigenvalue weighted by molar-refractivity contribution is 5.85. The van der Waals surface area contributed by atoms with Gasteiger partial charge in [0.15, 0.2) is 0 Å². The first-order valence-corrected chi connectivity index (χ1v) is 3.95. The first kappa shape index (κ1) is 10.8. The van der Waals surface area contributed by atoms with Gasteiger partial charge in [-0.25, -0.2) is 0 Å². The molecule has 0 aromatic rings. The number of rotatable bonds is 0. The van der Waals surface area contributed by atoms with Crippen LogP contribution in [0.25, 0.3) is 0 Å². The zero-order valence-electron chi connectivity index (χ0n) is 7.61. The Morgan fingerprint density at radius 3 is 2.27 bits per heavy atom. The van der Waals surface area contributed by atoms with Gasteiger partial charge in [-0.05, 0) is 31.6 Å². The van der Waals surface area contributed by atoms with Crippen molar-refractivity contribution in [2.75, 3.05) is 0 Å². The Morgan fingerprint density at radius 1 is 1.36 bits per heavy atom. The molecule has 0 aliphatic heterocycles. The lowest BCUT2D eigenvalue weighted by Gasteiger charge is -2.30. The second kappa shape index (κ2) is 3.48. The highest BCUT2D eigenvalue weighted by Gasteiger charge is 2.23. The smallest absolute Gasteiger partial charge is 0.00699 e. The fourth-order valence-electron chi connectivity index (χ4n) is 1.61. The maximum absolute atomic E-state index is 5.78. The lowest BCUT2D eigenvalue weighted by Crippen LogP contribution is -2.20. The molecule has 0 amide bonds. The van der Waals surface area contributed by atoms with E-state index < -0.39 is 0 Å². The van der Waals surface area contributed by atoms with Crippen molar-refractivity contribution in [3.63, 3.8) is 0 Å². The largest absolute Gasteiger partial charge is 0.402 e. The van der Waals surface area contributed by atoms with Gasteiger partial charge in [0.2, 0.25) is 0 Å². The Hall–Kier alpha value is -0.170. The first-order chi connectivity index (χ1) is 4.51. The number of nitrogens with two attached hydrogens (primary N) is 1. The summed E-state index contributed by atoms with van der Waals surface area (Å²) in [6, 6.07) is 0. The molecule has 2 heteroatoms. The number of hydrogen-bond donors (Lipinski definition) is 1.